The zero-order chi connectivity index (χ0) is 20.6. The molecule has 2 aliphatic rings. The SMILES string of the molecule is CSCC(=O)N1CC2CN(Cc3nc(-c4ccccc4F)oc3C)CC2(CO)C1. The van der Waals surface area contributed by atoms with Gasteiger partial charge >= 0.3 is 0 Å². The highest BCUT2D eigenvalue weighted by atomic mass is 32.2. The summed E-state index contributed by atoms with van der Waals surface area (Å²) >= 11 is 1.53. The number of halogens is 1. The molecular formula is C21H26FN3O3S. The highest BCUT2D eigenvalue weighted by molar-refractivity contribution is 7.99. The molecule has 2 aliphatic heterocycles. The second-order valence-electron chi connectivity index (χ2n) is 8.10. The molecule has 2 aromatic rings. The lowest BCUT2D eigenvalue weighted by Crippen LogP contribution is -2.39. The Morgan fingerprint density at radius 1 is 1.38 bits per heavy atom. The summed E-state index contributed by atoms with van der Waals surface area (Å²) in [5, 5.41) is 10.1. The fraction of sp³-hybridized carbons (Fsp3) is 0.524. The highest BCUT2D eigenvalue weighted by Gasteiger charge is 2.53. The number of aliphatic hydroxyl groups excluding tert-OH is 1. The van der Waals surface area contributed by atoms with Gasteiger partial charge in [-0.05, 0) is 31.2 Å². The Morgan fingerprint density at radius 2 is 2.17 bits per heavy atom. The summed E-state index contributed by atoms with van der Waals surface area (Å²) in [7, 11) is 0. The van der Waals surface area contributed by atoms with Gasteiger partial charge in [0.2, 0.25) is 11.8 Å². The monoisotopic (exact) mass is 419 g/mol. The molecule has 2 unspecified atom stereocenters. The maximum atomic E-state index is 14.1. The number of hydrogen-bond donors (Lipinski definition) is 1. The number of oxazole rings is 1. The molecule has 156 valence electrons. The summed E-state index contributed by atoms with van der Waals surface area (Å²) in [4.78, 5) is 21.0. The Balaban J connectivity index is 1.46. The van der Waals surface area contributed by atoms with Crippen LogP contribution in [0.5, 0.6) is 0 Å². The number of aromatic nitrogens is 1. The molecule has 6 nitrogen and oxygen atoms in total. The lowest BCUT2D eigenvalue weighted by atomic mass is 9.82. The van der Waals surface area contributed by atoms with Crippen molar-refractivity contribution >= 4 is 17.7 Å². The van der Waals surface area contributed by atoms with Gasteiger partial charge in [-0.25, -0.2) is 9.37 Å². The first-order chi connectivity index (χ1) is 14.0. The molecule has 29 heavy (non-hydrogen) atoms. The van der Waals surface area contributed by atoms with Crippen LogP contribution in [0, 0.1) is 24.1 Å². The van der Waals surface area contributed by atoms with Crippen molar-refractivity contribution in [2.24, 2.45) is 11.3 Å². The zero-order valence-corrected chi connectivity index (χ0v) is 17.5. The van der Waals surface area contributed by atoms with Crippen LogP contribution in [0.3, 0.4) is 0 Å². The van der Waals surface area contributed by atoms with Crippen LogP contribution in [-0.2, 0) is 11.3 Å². The van der Waals surface area contributed by atoms with E-state index in [4.69, 9.17) is 4.42 Å². The van der Waals surface area contributed by atoms with Crippen LogP contribution in [-0.4, -0.2) is 70.6 Å². The fourth-order valence-electron chi connectivity index (χ4n) is 4.58. The van der Waals surface area contributed by atoms with E-state index in [-0.39, 0.29) is 29.7 Å². The van der Waals surface area contributed by atoms with Gasteiger partial charge in [0.05, 0.1) is 23.6 Å². The molecule has 0 bridgehead atoms. The third-order valence-electron chi connectivity index (χ3n) is 6.14. The van der Waals surface area contributed by atoms with E-state index in [9.17, 15) is 14.3 Å². The predicted octanol–water partition coefficient (Wildman–Crippen LogP) is 2.40. The minimum absolute atomic E-state index is 0.0650. The number of benzene rings is 1. The molecule has 0 aliphatic carbocycles. The third-order valence-corrected chi connectivity index (χ3v) is 6.67. The molecule has 1 N–H and O–H groups in total. The average Bonchev–Trinajstić information content (AvgIpc) is 3.33. The van der Waals surface area contributed by atoms with Crippen molar-refractivity contribution in [1.29, 1.82) is 0 Å². The first-order valence-corrected chi connectivity index (χ1v) is 11.2. The Morgan fingerprint density at radius 3 is 2.86 bits per heavy atom. The van der Waals surface area contributed by atoms with Crippen LogP contribution < -0.4 is 0 Å². The van der Waals surface area contributed by atoms with Gasteiger partial charge in [0.15, 0.2) is 0 Å². The van der Waals surface area contributed by atoms with Crippen molar-refractivity contribution < 1.29 is 18.7 Å². The molecule has 0 spiro atoms. The number of rotatable bonds is 6. The molecule has 2 saturated heterocycles. The quantitative estimate of drug-likeness (QED) is 0.776. The maximum absolute atomic E-state index is 14.1. The molecule has 0 saturated carbocycles. The number of aryl methyl sites for hydroxylation is 1. The van der Waals surface area contributed by atoms with Crippen LogP contribution >= 0.6 is 11.8 Å². The largest absolute Gasteiger partial charge is 0.441 e. The number of aliphatic hydroxyl groups is 1. The first-order valence-electron chi connectivity index (χ1n) is 9.77. The van der Waals surface area contributed by atoms with Gasteiger partial charge in [0, 0.05) is 38.1 Å². The smallest absolute Gasteiger partial charge is 0.232 e. The number of thioether (sulfide) groups is 1. The molecule has 8 heteroatoms. The van der Waals surface area contributed by atoms with Crippen molar-refractivity contribution in [3.8, 4) is 11.5 Å². The van der Waals surface area contributed by atoms with E-state index in [0.717, 1.165) is 12.2 Å². The lowest BCUT2D eigenvalue weighted by molar-refractivity contribution is -0.128. The van der Waals surface area contributed by atoms with E-state index >= 15 is 0 Å². The summed E-state index contributed by atoms with van der Waals surface area (Å²) < 4.78 is 19.8. The van der Waals surface area contributed by atoms with Crippen LogP contribution in [0.2, 0.25) is 0 Å². The van der Waals surface area contributed by atoms with Crippen molar-refractivity contribution in [2.75, 3.05) is 44.8 Å². The molecular weight excluding hydrogens is 393 g/mol. The summed E-state index contributed by atoms with van der Waals surface area (Å²) in [6, 6.07) is 6.45. The third kappa shape index (κ3) is 3.81. The number of likely N-dealkylation sites (tertiary alicyclic amines) is 2. The Hall–Kier alpha value is -1.90. The fourth-order valence-corrected chi connectivity index (χ4v) is 5.01. The summed E-state index contributed by atoms with van der Waals surface area (Å²) in [5.41, 5.74) is 0.863. The van der Waals surface area contributed by atoms with Crippen LogP contribution in [0.15, 0.2) is 28.7 Å². The van der Waals surface area contributed by atoms with E-state index in [2.05, 4.69) is 9.88 Å². The van der Waals surface area contributed by atoms with Gasteiger partial charge in [-0.2, -0.15) is 11.8 Å². The van der Waals surface area contributed by atoms with Crippen molar-refractivity contribution in [1.82, 2.24) is 14.8 Å². The van der Waals surface area contributed by atoms with E-state index in [1.807, 2.05) is 18.1 Å². The number of carbonyl (C=O) groups is 1. The van der Waals surface area contributed by atoms with Gasteiger partial charge in [-0.15, -0.1) is 0 Å². The molecule has 2 fully saturated rings. The van der Waals surface area contributed by atoms with E-state index in [1.165, 1.54) is 17.8 Å². The summed E-state index contributed by atoms with van der Waals surface area (Å²) in [6.45, 7) is 5.28. The van der Waals surface area contributed by atoms with Gasteiger partial charge in [-0.3, -0.25) is 9.69 Å². The molecule has 3 heterocycles. The zero-order valence-electron chi connectivity index (χ0n) is 16.7. The van der Waals surface area contributed by atoms with Gasteiger partial charge < -0.3 is 14.4 Å². The number of hydrogen-bond acceptors (Lipinski definition) is 6. The van der Waals surface area contributed by atoms with E-state index in [1.54, 1.807) is 18.2 Å². The standard InChI is InChI=1S/C21H26FN3O3S/c1-14-18(23-20(28-14)16-5-3-4-6-17(16)22)9-24-7-15-8-25(19(27)10-29-2)12-21(15,11-24)13-26/h3-6,15,26H,7-13H2,1-2H3. The normalized spacial score (nSPS) is 24.3. The second kappa shape index (κ2) is 8.08. The minimum Gasteiger partial charge on any atom is -0.441 e. The summed E-state index contributed by atoms with van der Waals surface area (Å²) in [6.07, 6.45) is 1.92. The van der Waals surface area contributed by atoms with Crippen LogP contribution in [0.4, 0.5) is 4.39 Å². The second-order valence-corrected chi connectivity index (χ2v) is 8.96. The molecule has 2 atom stereocenters. The molecule has 1 aromatic heterocycles. The van der Waals surface area contributed by atoms with Crippen molar-refractivity contribution in [3.63, 3.8) is 0 Å². The van der Waals surface area contributed by atoms with Crippen molar-refractivity contribution in [3.05, 3.63) is 41.5 Å². The van der Waals surface area contributed by atoms with E-state index in [0.29, 0.717) is 49.1 Å². The Bertz CT molecular complexity index is 905. The van der Waals surface area contributed by atoms with Crippen molar-refractivity contribution in [2.45, 2.75) is 13.5 Å². The minimum atomic E-state index is -0.356. The topological polar surface area (TPSA) is 69.8 Å². The maximum Gasteiger partial charge on any atom is 0.232 e. The molecule has 0 radical (unpaired) electrons. The summed E-state index contributed by atoms with van der Waals surface area (Å²) in [5.74, 6) is 1.49. The van der Waals surface area contributed by atoms with Gasteiger partial charge in [-0.1, -0.05) is 12.1 Å². The Kier molecular flexibility index (Phi) is 5.68. The molecule has 1 aromatic carbocycles. The van der Waals surface area contributed by atoms with Crippen LogP contribution in [0.25, 0.3) is 11.5 Å². The van der Waals surface area contributed by atoms with Gasteiger partial charge in [0.25, 0.3) is 0 Å². The number of nitrogens with zero attached hydrogens (tertiary/aromatic N) is 3. The average molecular weight is 420 g/mol. The first kappa shape index (κ1) is 20.4. The van der Waals surface area contributed by atoms with Crippen LogP contribution in [0.1, 0.15) is 11.5 Å². The molecule has 1 amide bonds. The van der Waals surface area contributed by atoms with Gasteiger partial charge in [0.1, 0.15) is 11.6 Å². The number of carbonyl (C=O) groups excluding carboxylic acids is 1. The predicted molar refractivity (Wildman–Crippen MR) is 110 cm³/mol. The number of fused-ring (bicyclic) bond motifs is 1. The number of amides is 1. The molecule has 4 rings (SSSR count). The highest BCUT2D eigenvalue weighted by Crippen LogP contribution is 2.43. The Labute approximate surface area is 174 Å². The van der Waals surface area contributed by atoms with E-state index < -0.39 is 0 Å². The lowest BCUT2D eigenvalue weighted by Gasteiger charge is -2.27.